The normalized spacial score (nSPS) is 10.9. The maximum absolute atomic E-state index is 11.5. The number of carbonyl (C=O) groups excluding carboxylic acids is 2. The summed E-state index contributed by atoms with van der Waals surface area (Å²) in [4.78, 5) is 28.7. The maximum Gasteiger partial charge on any atom is 0.311 e. The largest absolute Gasteiger partial charge is 0.466 e. The van der Waals surface area contributed by atoms with Crippen LogP contribution in [0, 0.1) is 0 Å². The van der Waals surface area contributed by atoms with E-state index in [-0.39, 0.29) is 12.4 Å². The molecule has 0 aliphatic rings. The Labute approximate surface area is 124 Å². The summed E-state index contributed by atoms with van der Waals surface area (Å²) in [6, 6.07) is 3.49. The predicted molar refractivity (Wildman–Crippen MR) is 76.5 cm³/mol. The van der Waals surface area contributed by atoms with Gasteiger partial charge in [0.25, 0.3) is 0 Å². The Balaban J connectivity index is 1.98. The summed E-state index contributed by atoms with van der Waals surface area (Å²) in [6.07, 6.45) is 4.18. The lowest BCUT2D eigenvalue weighted by atomic mass is 10.3. The summed E-state index contributed by atoms with van der Waals surface area (Å²) in [6.45, 7) is 2.11. The molecule has 0 radical (unpaired) electrons. The molecular formula is C14H12N2O4S. The smallest absolute Gasteiger partial charge is 0.311 e. The minimum atomic E-state index is -0.291. The standard InChI is InChI=1S/C14H12N2O4S/c1-2-19-12(18)6-9-7-16-10(8-17)13(15-14(16)21-9)11-4-3-5-20-11/h3-5,7-8H,2,6H2,1H3. The van der Waals surface area contributed by atoms with E-state index in [0.717, 1.165) is 11.2 Å². The summed E-state index contributed by atoms with van der Waals surface area (Å²) >= 11 is 1.35. The molecule has 21 heavy (non-hydrogen) atoms. The summed E-state index contributed by atoms with van der Waals surface area (Å²) in [5.41, 5.74) is 0.912. The van der Waals surface area contributed by atoms with Crippen molar-refractivity contribution in [3.63, 3.8) is 0 Å². The van der Waals surface area contributed by atoms with Gasteiger partial charge >= 0.3 is 5.97 Å². The lowest BCUT2D eigenvalue weighted by molar-refractivity contribution is -0.142. The average Bonchev–Trinajstić information content (AvgIpc) is 3.12. The molecule has 0 saturated heterocycles. The van der Waals surface area contributed by atoms with E-state index >= 15 is 0 Å². The Morgan fingerprint density at radius 2 is 2.43 bits per heavy atom. The molecule has 0 fully saturated rings. The van der Waals surface area contributed by atoms with E-state index in [1.165, 1.54) is 17.6 Å². The van der Waals surface area contributed by atoms with Gasteiger partial charge in [-0.1, -0.05) is 0 Å². The van der Waals surface area contributed by atoms with Crippen LogP contribution in [0.15, 0.2) is 29.0 Å². The van der Waals surface area contributed by atoms with Gasteiger partial charge in [0.2, 0.25) is 0 Å². The second-order valence-electron chi connectivity index (χ2n) is 4.27. The van der Waals surface area contributed by atoms with Crippen molar-refractivity contribution in [1.82, 2.24) is 9.38 Å². The fourth-order valence-electron chi connectivity index (χ4n) is 2.05. The molecule has 0 atom stereocenters. The Kier molecular flexibility index (Phi) is 3.57. The number of fused-ring (bicyclic) bond motifs is 1. The van der Waals surface area contributed by atoms with Crippen LogP contribution >= 0.6 is 11.3 Å². The molecule has 0 aliphatic heterocycles. The molecule has 0 aliphatic carbocycles. The molecule has 108 valence electrons. The van der Waals surface area contributed by atoms with Crippen LogP contribution in [0.4, 0.5) is 0 Å². The molecule has 3 heterocycles. The third kappa shape index (κ3) is 2.47. The van der Waals surface area contributed by atoms with Crippen molar-refractivity contribution in [3.05, 3.63) is 35.2 Å². The van der Waals surface area contributed by atoms with Gasteiger partial charge in [-0.05, 0) is 19.1 Å². The first-order valence-electron chi connectivity index (χ1n) is 6.38. The second kappa shape index (κ2) is 5.53. The number of aldehydes is 1. The van der Waals surface area contributed by atoms with Crippen LogP contribution in [0.1, 0.15) is 22.3 Å². The summed E-state index contributed by atoms with van der Waals surface area (Å²) < 4.78 is 11.9. The second-order valence-corrected chi connectivity index (χ2v) is 5.37. The van der Waals surface area contributed by atoms with Gasteiger partial charge in [-0.15, -0.1) is 11.3 Å². The average molecular weight is 304 g/mol. The Bertz CT molecular complexity index is 785. The minimum absolute atomic E-state index is 0.177. The number of hydrogen-bond acceptors (Lipinski definition) is 6. The Morgan fingerprint density at radius 1 is 1.57 bits per heavy atom. The number of rotatable bonds is 5. The molecule has 6 nitrogen and oxygen atoms in total. The third-order valence-corrected chi connectivity index (χ3v) is 3.88. The van der Waals surface area contributed by atoms with Crippen LogP contribution < -0.4 is 0 Å². The summed E-state index contributed by atoms with van der Waals surface area (Å²) in [7, 11) is 0. The molecule has 0 bridgehead atoms. The van der Waals surface area contributed by atoms with E-state index in [1.54, 1.807) is 29.7 Å². The van der Waals surface area contributed by atoms with Crippen LogP contribution in [0.2, 0.25) is 0 Å². The highest BCUT2D eigenvalue weighted by Crippen LogP contribution is 2.28. The number of nitrogens with zero attached hydrogens (tertiary/aromatic N) is 2. The van der Waals surface area contributed by atoms with Crippen molar-refractivity contribution in [3.8, 4) is 11.5 Å². The van der Waals surface area contributed by atoms with Gasteiger partial charge < -0.3 is 9.15 Å². The zero-order valence-corrected chi connectivity index (χ0v) is 12.1. The first-order chi connectivity index (χ1) is 10.2. The topological polar surface area (TPSA) is 73.8 Å². The van der Waals surface area contributed by atoms with Gasteiger partial charge in [-0.25, -0.2) is 4.98 Å². The van der Waals surface area contributed by atoms with E-state index < -0.39 is 0 Å². The van der Waals surface area contributed by atoms with E-state index in [9.17, 15) is 9.59 Å². The quantitative estimate of drug-likeness (QED) is 0.535. The highest BCUT2D eigenvalue weighted by Gasteiger charge is 2.18. The monoisotopic (exact) mass is 304 g/mol. The molecule has 0 aromatic carbocycles. The van der Waals surface area contributed by atoms with E-state index in [0.29, 0.717) is 28.7 Å². The van der Waals surface area contributed by atoms with Crippen LogP contribution in [-0.2, 0) is 16.0 Å². The number of imidazole rings is 1. The van der Waals surface area contributed by atoms with Crippen molar-refractivity contribution in [2.45, 2.75) is 13.3 Å². The van der Waals surface area contributed by atoms with Crippen molar-refractivity contribution in [2.24, 2.45) is 0 Å². The molecular weight excluding hydrogens is 292 g/mol. The van der Waals surface area contributed by atoms with Gasteiger partial charge in [0.1, 0.15) is 11.4 Å². The van der Waals surface area contributed by atoms with Gasteiger partial charge in [0.15, 0.2) is 17.0 Å². The number of thiazole rings is 1. The van der Waals surface area contributed by atoms with Gasteiger partial charge in [-0.2, -0.15) is 0 Å². The number of carbonyl (C=O) groups is 2. The molecule has 3 aromatic rings. The van der Waals surface area contributed by atoms with E-state index in [1.807, 2.05) is 0 Å². The lowest BCUT2D eigenvalue weighted by Gasteiger charge is -1.98. The number of aromatic nitrogens is 2. The highest BCUT2D eigenvalue weighted by atomic mass is 32.1. The summed E-state index contributed by atoms with van der Waals surface area (Å²) in [5, 5.41) is 0. The number of furan rings is 1. The van der Waals surface area contributed by atoms with Crippen molar-refractivity contribution in [1.29, 1.82) is 0 Å². The Morgan fingerprint density at radius 3 is 3.10 bits per heavy atom. The van der Waals surface area contributed by atoms with Crippen LogP contribution in [-0.4, -0.2) is 28.2 Å². The number of hydrogen-bond donors (Lipinski definition) is 0. The van der Waals surface area contributed by atoms with Crippen molar-refractivity contribution >= 4 is 28.6 Å². The highest BCUT2D eigenvalue weighted by molar-refractivity contribution is 7.17. The van der Waals surface area contributed by atoms with Crippen LogP contribution in [0.3, 0.4) is 0 Å². The number of ether oxygens (including phenoxy) is 1. The van der Waals surface area contributed by atoms with Crippen molar-refractivity contribution < 1.29 is 18.7 Å². The lowest BCUT2D eigenvalue weighted by Crippen LogP contribution is -2.06. The zero-order chi connectivity index (χ0) is 14.8. The fraction of sp³-hybridized carbons (Fsp3) is 0.214. The zero-order valence-electron chi connectivity index (χ0n) is 11.2. The molecule has 0 unspecified atom stereocenters. The molecule has 0 saturated carbocycles. The molecule has 3 rings (SSSR count). The fourth-order valence-corrected chi connectivity index (χ4v) is 3.02. The molecule has 0 spiro atoms. The van der Waals surface area contributed by atoms with Crippen LogP contribution in [0.5, 0.6) is 0 Å². The first kappa shape index (κ1) is 13.6. The predicted octanol–water partition coefficient (Wildman–Crippen LogP) is 2.57. The first-order valence-corrected chi connectivity index (χ1v) is 7.20. The maximum atomic E-state index is 11.5. The molecule has 7 heteroatoms. The van der Waals surface area contributed by atoms with Crippen molar-refractivity contribution in [2.75, 3.05) is 6.61 Å². The van der Waals surface area contributed by atoms with Crippen LogP contribution in [0.25, 0.3) is 16.4 Å². The Hall–Kier alpha value is -2.41. The van der Waals surface area contributed by atoms with Gasteiger partial charge in [0, 0.05) is 11.1 Å². The van der Waals surface area contributed by atoms with Gasteiger partial charge in [-0.3, -0.25) is 14.0 Å². The summed E-state index contributed by atoms with van der Waals surface area (Å²) in [5.74, 6) is 0.251. The molecule has 0 N–H and O–H groups in total. The number of esters is 1. The molecule has 0 amide bonds. The minimum Gasteiger partial charge on any atom is -0.466 e. The van der Waals surface area contributed by atoms with E-state index in [4.69, 9.17) is 9.15 Å². The SMILES string of the molecule is CCOC(=O)Cc1cn2c(C=O)c(-c3ccco3)nc2s1. The van der Waals surface area contributed by atoms with E-state index in [2.05, 4.69) is 4.98 Å². The molecule has 3 aromatic heterocycles. The van der Waals surface area contributed by atoms with Gasteiger partial charge in [0.05, 0.1) is 19.3 Å². The third-order valence-electron chi connectivity index (χ3n) is 2.90.